The van der Waals surface area contributed by atoms with Crippen LogP contribution in [0, 0.1) is 0 Å². The summed E-state index contributed by atoms with van der Waals surface area (Å²) in [5.41, 5.74) is 0. The van der Waals surface area contributed by atoms with E-state index in [1.807, 2.05) is 0 Å². The Morgan fingerprint density at radius 3 is 1.94 bits per heavy atom. The summed E-state index contributed by atoms with van der Waals surface area (Å²) in [5.74, 6) is -8.59. The van der Waals surface area contributed by atoms with Crippen molar-refractivity contribution in [3.8, 4) is 5.75 Å². The fourth-order valence-corrected chi connectivity index (χ4v) is 1.05. The summed E-state index contributed by atoms with van der Waals surface area (Å²) >= 11 is 3.01. The van der Waals surface area contributed by atoms with Crippen LogP contribution in [0.25, 0.3) is 0 Å². The second-order valence-corrected chi connectivity index (χ2v) is 3.83. The van der Waals surface area contributed by atoms with Gasteiger partial charge in [-0.05, 0) is 24.3 Å². The molecule has 0 atom stereocenters. The minimum absolute atomic E-state index is 0.401. The molecule has 0 saturated heterocycles. The number of halogens is 6. The molecule has 0 aromatic heterocycles. The van der Waals surface area contributed by atoms with Crippen molar-refractivity contribution in [3.05, 3.63) is 28.7 Å². The van der Waals surface area contributed by atoms with Crippen LogP contribution in [0.3, 0.4) is 0 Å². The molecule has 0 fully saturated rings. The van der Waals surface area contributed by atoms with E-state index in [1.165, 1.54) is 12.1 Å². The molecule has 0 aliphatic carbocycles. The van der Waals surface area contributed by atoms with E-state index in [-0.39, 0.29) is 0 Å². The zero-order valence-corrected chi connectivity index (χ0v) is 9.48. The van der Waals surface area contributed by atoms with E-state index in [0.717, 1.165) is 12.1 Å². The first kappa shape index (κ1) is 13.9. The highest BCUT2D eigenvalue weighted by atomic mass is 79.9. The fraction of sp³-hybridized carbons (Fsp3) is 0.222. The van der Waals surface area contributed by atoms with Gasteiger partial charge >= 0.3 is 18.1 Å². The fourth-order valence-electron chi connectivity index (χ4n) is 0.789. The summed E-state index contributed by atoms with van der Waals surface area (Å²) < 4.78 is 64.8. The van der Waals surface area contributed by atoms with Gasteiger partial charge in [-0.2, -0.15) is 22.0 Å². The Bertz CT molecular complexity index is 412. The van der Waals surface area contributed by atoms with Gasteiger partial charge in [-0.1, -0.05) is 15.9 Å². The van der Waals surface area contributed by atoms with Crippen LogP contribution < -0.4 is 4.74 Å². The van der Waals surface area contributed by atoms with Gasteiger partial charge < -0.3 is 4.74 Å². The van der Waals surface area contributed by atoms with Crippen LogP contribution >= 0.6 is 15.9 Å². The third-order valence-electron chi connectivity index (χ3n) is 1.64. The van der Waals surface area contributed by atoms with Crippen LogP contribution in [0.1, 0.15) is 0 Å². The summed E-state index contributed by atoms with van der Waals surface area (Å²) in [5, 5.41) is 0. The third-order valence-corrected chi connectivity index (χ3v) is 2.17. The van der Waals surface area contributed by atoms with Crippen molar-refractivity contribution >= 4 is 21.9 Å². The van der Waals surface area contributed by atoms with Crippen LogP contribution in [0.15, 0.2) is 28.7 Å². The summed E-state index contributed by atoms with van der Waals surface area (Å²) in [6.45, 7) is 0. The first-order chi connectivity index (χ1) is 7.64. The maximum Gasteiger partial charge on any atom is 0.465 e. The first-order valence-corrected chi connectivity index (χ1v) is 4.86. The summed E-state index contributed by atoms with van der Waals surface area (Å²) in [6.07, 6.45) is -5.97. The van der Waals surface area contributed by atoms with E-state index >= 15 is 0 Å². The molecule has 0 N–H and O–H groups in total. The Morgan fingerprint density at radius 1 is 1.06 bits per heavy atom. The summed E-state index contributed by atoms with van der Waals surface area (Å²) in [4.78, 5) is 10.7. The van der Waals surface area contributed by atoms with Crippen LogP contribution in [0.4, 0.5) is 22.0 Å². The maximum absolute atomic E-state index is 12.5. The van der Waals surface area contributed by atoms with Crippen LogP contribution in [0.2, 0.25) is 0 Å². The summed E-state index contributed by atoms with van der Waals surface area (Å²) in [7, 11) is 0. The minimum Gasteiger partial charge on any atom is -0.422 e. The Kier molecular flexibility index (Phi) is 3.75. The van der Waals surface area contributed by atoms with Gasteiger partial charge in [0.2, 0.25) is 0 Å². The van der Waals surface area contributed by atoms with Gasteiger partial charge in [0.05, 0.1) is 0 Å². The number of benzene rings is 1. The van der Waals surface area contributed by atoms with Crippen molar-refractivity contribution in [2.45, 2.75) is 12.1 Å². The van der Waals surface area contributed by atoms with Gasteiger partial charge in [0.1, 0.15) is 5.75 Å². The highest BCUT2D eigenvalue weighted by Gasteiger charge is 2.65. The highest BCUT2D eigenvalue weighted by molar-refractivity contribution is 9.10. The Morgan fingerprint density at radius 2 is 1.53 bits per heavy atom. The molecule has 0 radical (unpaired) electrons. The average molecular weight is 319 g/mol. The Hall–Kier alpha value is -1.18. The molecule has 94 valence electrons. The zero-order valence-electron chi connectivity index (χ0n) is 7.89. The molecular weight excluding hydrogens is 315 g/mol. The molecule has 0 spiro atoms. The van der Waals surface area contributed by atoms with Gasteiger partial charge in [0, 0.05) is 4.47 Å². The predicted molar refractivity (Wildman–Crippen MR) is 50.8 cm³/mol. The van der Waals surface area contributed by atoms with Gasteiger partial charge in [-0.15, -0.1) is 0 Å². The maximum atomic E-state index is 12.5. The van der Waals surface area contributed by atoms with Crippen LogP contribution in [-0.4, -0.2) is 18.1 Å². The Labute approximate surface area is 100 Å². The Balaban J connectivity index is 2.83. The zero-order chi connectivity index (χ0) is 13.3. The smallest absolute Gasteiger partial charge is 0.422 e. The van der Waals surface area contributed by atoms with Gasteiger partial charge in [0.15, 0.2) is 0 Å². The standard InChI is InChI=1S/C9H4BrF5O2/c10-5-1-3-6(4-2-5)17-7(16)8(11,12)9(13,14)15/h1-4H. The molecule has 0 saturated carbocycles. The monoisotopic (exact) mass is 318 g/mol. The van der Waals surface area contributed by atoms with Crippen LogP contribution in [-0.2, 0) is 4.79 Å². The number of hydrogen-bond donors (Lipinski definition) is 0. The SMILES string of the molecule is O=C(Oc1ccc(Br)cc1)C(F)(F)C(F)(F)F. The number of ether oxygens (including phenoxy) is 1. The second-order valence-electron chi connectivity index (χ2n) is 2.92. The molecule has 0 aliphatic heterocycles. The molecule has 0 unspecified atom stereocenters. The molecule has 17 heavy (non-hydrogen) atoms. The number of esters is 1. The summed E-state index contributed by atoms with van der Waals surface area (Å²) in [6, 6.07) is 4.81. The van der Waals surface area contributed by atoms with Crippen molar-refractivity contribution < 1.29 is 31.5 Å². The molecule has 1 aromatic carbocycles. The van der Waals surface area contributed by atoms with E-state index < -0.39 is 23.8 Å². The molecule has 1 aromatic rings. The molecule has 1 rings (SSSR count). The van der Waals surface area contributed by atoms with E-state index in [4.69, 9.17) is 0 Å². The lowest BCUT2D eigenvalue weighted by atomic mass is 10.3. The molecule has 0 aliphatic rings. The lowest BCUT2D eigenvalue weighted by Gasteiger charge is -2.17. The normalized spacial score (nSPS) is 12.4. The average Bonchev–Trinajstić information content (AvgIpc) is 2.19. The molecule has 0 heterocycles. The molecule has 2 nitrogen and oxygen atoms in total. The second kappa shape index (κ2) is 4.59. The lowest BCUT2D eigenvalue weighted by molar-refractivity contribution is -0.276. The largest absolute Gasteiger partial charge is 0.465 e. The topological polar surface area (TPSA) is 26.3 Å². The van der Waals surface area contributed by atoms with Crippen molar-refractivity contribution in [3.63, 3.8) is 0 Å². The highest BCUT2D eigenvalue weighted by Crippen LogP contribution is 2.36. The van der Waals surface area contributed by atoms with Crippen molar-refractivity contribution in [2.24, 2.45) is 0 Å². The van der Waals surface area contributed by atoms with Crippen LogP contribution in [0.5, 0.6) is 5.75 Å². The van der Waals surface area contributed by atoms with E-state index in [9.17, 15) is 26.7 Å². The van der Waals surface area contributed by atoms with Crippen molar-refractivity contribution in [2.75, 3.05) is 0 Å². The van der Waals surface area contributed by atoms with E-state index in [2.05, 4.69) is 20.7 Å². The lowest BCUT2D eigenvalue weighted by Crippen LogP contribution is -2.46. The number of alkyl halides is 5. The predicted octanol–water partition coefficient (Wildman–Crippen LogP) is 3.55. The first-order valence-electron chi connectivity index (χ1n) is 4.07. The number of rotatable bonds is 2. The van der Waals surface area contributed by atoms with E-state index in [1.54, 1.807) is 0 Å². The van der Waals surface area contributed by atoms with Crippen molar-refractivity contribution in [1.82, 2.24) is 0 Å². The van der Waals surface area contributed by atoms with Gasteiger partial charge in [0.25, 0.3) is 0 Å². The molecule has 0 amide bonds. The minimum atomic E-state index is -5.97. The van der Waals surface area contributed by atoms with Crippen molar-refractivity contribution in [1.29, 1.82) is 0 Å². The number of carbonyl (C=O) groups is 1. The number of carbonyl (C=O) groups excluding carboxylic acids is 1. The molecule has 8 heteroatoms. The molecular formula is C9H4BrF5O2. The number of hydrogen-bond acceptors (Lipinski definition) is 2. The molecule has 0 bridgehead atoms. The van der Waals surface area contributed by atoms with Gasteiger partial charge in [-0.3, -0.25) is 0 Å². The van der Waals surface area contributed by atoms with Gasteiger partial charge in [-0.25, -0.2) is 4.79 Å². The van der Waals surface area contributed by atoms with E-state index in [0.29, 0.717) is 4.47 Å². The quantitative estimate of drug-likeness (QED) is 0.473. The third kappa shape index (κ3) is 3.15.